The molecule has 0 radical (unpaired) electrons. The van der Waals surface area contributed by atoms with Crippen molar-refractivity contribution >= 4 is 23.9 Å². The number of carboxylic acids is 1. The highest BCUT2D eigenvalue weighted by Crippen LogP contribution is 2.06. The minimum atomic E-state index is -1.34. The number of hydrogen-bond acceptors (Lipinski definition) is 6. The Morgan fingerprint density at radius 1 is 1.14 bits per heavy atom. The first-order valence-corrected chi connectivity index (χ1v) is 6.55. The number of methoxy groups -OCH3 is 1. The number of amides is 2. The number of carbonyl (C=O) groups is 4. The van der Waals surface area contributed by atoms with Crippen LogP contribution in [0.25, 0.3) is 0 Å². The Labute approximate surface area is 128 Å². The fraction of sp³-hybridized carbons (Fsp3) is 0.692. The molecule has 0 rings (SSSR count). The first kappa shape index (κ1) is 19.7. The number of nitrogens with one attached hydrogen (secondary N) is 2. The quantitative estimate of drug-likeness (QED) is 0.589. The summed E-state index contributed by atoms with van der Waals surface area (Å²) < 4.78 is 9.39. The molecule has 0 aromatic rings. The second-order valence-electron chi connectivity index (χ2n) is 5.55. The van der Waals surface area contributed by atoms with E-state index in [2.05, 4.69) is 15.4 Å². The summed E-state index contributed by atoms with van der Waals surface area (Å²) in [7, 11) is 1.08. The molecule has 0 bridgehead atoms. The molecule has 2 atom stereocenters. The van der Waals surface area contributed by atoms with Crippen molar-refractivity contribution in [2.24, 2.45) is 0 Å². The maximum absolute atomic E-state index is 11.9. The molecule has 22 heavy (non-hydrogen) atoms. The van der Waals surface area contributed by atoms with E-state index in [0.29, 0.717) is 0 Å². The highest BCUT2D eigenvalue weighted by Gasteiger charge is 2.27. The van der Waals surface area contributed by atoms with Crippen LogP contribution < -0.4 is 10.6 Å². The molecule has 0 saturated heterocycles. The van der Waals surface area contributed by atoms with Gasteiger partial charge in [0.2, 0.25) is 5.91 Å². The average Bonchev–Trinajstić information content (AvgIpc) is 2.33. The fourth-order valence-electron chi connectivity index (χ4n) is 1.36. The van der Waals surface area contributed by atoms with Crippen LogP contribution in [0.4, 0.5) is 4.79 Å². The van der Waals surface area contributed by atoms with Gasteiger partial charge in [0.05, 0.1) is 13.5 Å². The second kappa shape index (κ2) is 8.20. The van der Waals surface area contributed by atoms with Crippen LogP contribution >= 0.6 is 0 Å². The minimum absolute atomic E-state index is 0.627. The minimum Gasteiger partial charge on any atom is -0.481 e. The van der Waals surface area contributed by atoms with E-state index in [4.69, 9.17) is 9.84 Å². The Bertz CT molecular complexity index is 442. The lowest BCUT2D eigenvalue weighted by atomic mass is 10.2. The van der Waals surface area contributed by atoms with Crippen molar-refractivity contribution in [2.75, 3.05) is 7.11 Å². The maximum Gasteiger partial charge on any atom is 0.408 e. The van der Waals surface area contributed by atoms with E-state index in [1.54, 1.807) is 20.8 Å². The summed E-state index contributed by atoms with van der Waals surface area (Å²) in [6.45, 7) is 6.36. The van der Waals surface area contributed by atoms with Crippen molar-refractivity contribution < 1.29 is 33.8 Å². The zero-order valence-electron chi connectivity index (χ0n) is 13.3. The van der Waals surface area contributed by atoms with Gasteiger partial charge in [-0.1, -0.05) is 0 Å². The lowest BCUT2D eigenvalue weighted by molar-refractivity contribution is -0.149. The van der Waals surface area contributed by atoms with Gasteiger partial charge in [-0.3, -0.25) is 9.59 Å². The van der Waals surface area contributed by atoms with Gasteiger partial charge in [0, 0.05) is 0 Å². The van der Waals surface area contributed by atoms with E-state index in [1.807, 2.05) is 0 Å². The molecular weight excluding hydrogens is 296 g/mol. The summed E-state index contributed by atoms with van der Waals surface area (Å²) >= 11 is 0. The Kier molecular flexibility index (Phi) is 7.34. The van der Waals surface area contributed by atoms with Crippen LogP contribution in [-0.2, 0) is 23.9 Å². The second-order valence-corrected chi connectivity index (χ2v) is 5.55. The van der Waals surface area contributed by atoms with Crippen molar-refractivity contribution in [3.63, 3.8) is 0 Å². The number of hydrogen-bond donors (Lipinski definition) is 3. The van der Waals surface area contributed by atoms with Gasteiger partial charge in [-0.25, -0.2) is 9.59 Å². The number of ether oxygens (including phenoxy) is 2. The highest BCUT2D eigenvalue weighted by molar-refractivity contribution is 5.91. The summed E-state index contributed by atoms with van der Waals surface area (Å²) in [4.78, 5) is 45.5. The molecule has 0 spiro atoms. The number of alkyl carbamates (subject to hydrolysis) is 1. The molecule has 0 saturated carbocycles. The first-order valence-electron chi connectivity index (χ1n) is 6.55. The topological polar surface area (TPSA) is 131 Å². The van der Waals surface area contributed by atoms with Gasteiger partial charge < -0.3 is 25.2 Å². The van der Waals surface area contributed by atoms with Crippen molar-refractivity contribution in [3.05, 3.63) is 0 Å². The van der Waals surface area contributed by atoms with Crippen molar-refractivity contribution in [3.8, 4) is 0 Å². The predicted molar refractivity (Wildman–Crippen MR) is 75.0 cm³/mol. The third-order valence-corrected chi connectivity index (χ3v) is 2.31. The molecule has 0 aliphatic heterocycles. The van der Waals surface area contributed by atoms with Crippen molar-refractivity contribution in [1.82, 2.24) is 10.6 Å². The van der Waals surface area contributed by atoms with Gasteiger partial charge in [-0.2, -0.15) is 0 Å². The van der Waals surface area contributed by atoms with Crippen LogP contribution in [0.1, 0.15) is 34.1 Å². The first-order chi connectivity index (χ1) is 9.96. The summed E-state index contributed by atoms with van der Waals surface area (Å²) in [6, 6.07) is -2.35. The molecule has 126 valence electrons. The summed E-state index contributed by atoms with van der Waals surface area (Å²) in [6.07, 6.45) is -1.43. The van der Waals surface area contributed by atoms with Gasteiger partial charge >= 0.3 is 18.0 Å². The Balaban J connectivity index is 4.63. The van der Waals surface area contributed by atoms with Crippen LogP contribution in [0.2, 0.25) is 0 Å². The van der Waals surface area contributed by atoms with Gasteiger partial charge in [0.15, 0.2) is 0 Å². The van der Waals surface area contributed by atoms with E-state index >= 15 is 0 Å². The van der Waals surface area contributed by atoms with Crippen LogP contribution in [-0.4, -0.2) is 53.8 Å². The van der Waals surface area contributed by atoms with Crippen LogP contribution in [0, 0.1) is 0 Å². The number of carboxylic acid groups (broad SMARTS) is 1. The van der Waals surface area contributed by atoms with Crippen LogP contribution in [0.15, 0.2) is 0 Å². The lowest BCUT2D eigenvalue weighted by Gasteiger charge is -2.22. The Morgan fingerprint density at radius 2 is 1.68 bits per heavy atom. The third-order valence-electron chi connectivity index (χ3n) is 2.31. The van der Waals surface area contributed by atoms with E-state index in [0.717, 1.165) is 7.11 Å². The number of carbonyl (C=O) groups excluding carboxylic acids is 3. The number of rotatable bonds is 6. The monoisotopic (exact) mass is 318 g/mol. The zero-order valence-corrected chi connectivity index (χ0v) is 13.3. The Hall–Kier alpha value is -2.32. The van der Waals surface area contributed by atoms with Gasteiger partial charge in [0.1, 0.15) is 17.7 Å². The number of esters is 1. The van der Waals surface area contributed by atoms with E-state index in [9.17, 15) is 19.2 Å². The predicted octanol–water partition coefficient (Wildman–Crippen LogP) is 0.0321. The molecular formula is C13H22N2O7. The molecule has 0 aliphatic carbocycles. The molecule has 0 heterocycles. The molecule has 0 aliphatic rings. The molecule has 9 heteroatoms. The summed E-state index contributed by atoms with van der Waals surface area (Å²) in [5, 5.41) is 13.2. The normalized spacial score (nSPS) is 13.5. The van der Waals surface area contributed by atoms with Gasteiger partial charge in [-0.15, -0.1) is 0 Å². The molecule has 1 unspecified atom stereocenters. The SMILES string of the molecule is COC(=O)[C@H](CC(=O)O)NC(=O)C(C)NC(=O)OC(C)(C)C. The fourth-order valence-corrected chi connectivity index (χ4v) is 1.36. The van der Waals surface area contributed by atoms with E-state index < -0.39 is 48.0 Å². The Morgan fingerprint density at radius 3 is 2.09 bits per heavy atom. The van der Waals surface area contributed by atoms with Crippen molar-refractivity contribution in [1.29, 1.82) is 0 Å². The van der Waals surface area contributed by atoms with E-state index in [1.165, 1.54) is 6.92 Å². The lowest BCUT2D eigenvalue weighted by Crippen LogP contribution is -2.51. The summed E-state index contributed by atoms with van der Waals surface area (Å²) in [5.74, 6) is -2.90. The third kappa shape index (κ3) is 8.08. The largest absolute Gasteiger partial charge is 0.481 e. The zero-order chi connectivity index (χ0) is 17.5. The molecule has 2 amide bonds. The molecule has 0 aromatic carbocycles. The van der Waals surface area contributed by atoms with E-state index in [-0.39, 0.29) is 0 Å². The molecule has 3 N–H and O–H groups in total. The average molecular weight is 318 g/mol. The van der Waals surface area contributed by atoms with Gasteiger partial charge in [-0.05, 0) is 27.7 Å². The smallest absolute Gasteiger partial charge is 0.408 e. The highest BCUT2D eigenvalue weighted by atomic mass is 16.6. The number of aliphatic carboxylic acids is 1. The molecule has 0 fully saturated rings. The standard InChI is InChI=1S/C13H22N2O7/c1-7(14-12(20)22-13(2,3)4)10(18)15-8(6-9(16)17)11(19)21-5/h7-8H,6H2,1-5H3,(H,14,20)(H,15,18)(H,16,17)/t7?,8-/m0/s1. The molecule has 9 nitrogen and oxygen atoms in total. The maximum atomic E-state index is 11.9. The van der Waals surface area contributed by atoms with Crippen LogP contribution in [0.3, 0.4) is 0 Å². The van der Waals surface area contributed by atoms with Crippen molar-refractivity contribution in [2.45, 2.75) is 51.8 Å². The van der Waals surface area contributed by atoms with Crippen LogP contribution in [0.5, 0.6) is 0 Å². The molecule has 0 aromatic heterocycles. The van der Waals surface area contributed by atoms with Gasteiger partial charge in [0.25, 0.3) is 0 Å². The summed E-state index contributed by atoms with van der Waals surface area (Å²) in [5.41, 5.74) is -0.724.